The third-order valence-corrected chi connectivity index (χ3v) is 2.98. The molecule has 90 valence electrons. The van der Waals surface area contributed by atoms with E-state index in [4.69, 9.17) is 16.9 Å². The molecule has 2 aromatic rings. The van der Waals surface area contributed by atoms with Gasteiger partial charge in [-0.05, 0) is 42.8 Å². The molecule has 0 saturated carbocycles. The summed E-state index contributed by atoms with van der Waals surface area (Å²) in [7, 11) is 0. The summed E-state index contributed by atoms with van der Waals surface area (Å²) in [5, 5.41) is 12.5. The number of benzene rings is 2. The first kappa shape index (κ1) is 12.4. The molecule has 18 heavy (non-hydrogen) atoms. The maximum Gasteiger partial charge on any atom is 0.126 e. The Hall–Kier alpha value is -2.05. The summed E-state index contributed by atoms with van der Waals surface area (Å²) < 4.78 is 13.3. The van der Waals surface area contributed by atoms with E-state index in [1.807, 2.05) is 25.1 Å². The van der Waals surface area contributed by atoms with Crippen LogP contribution in [0.25, 0.3) is 0 Å². The van der Waals surface area contributed by atoms with Crippen molar-refractivity contribution in [2.75, 3.05) is 5.32 Å². The summed E-state index contributed by atoms with van der Waals surface area (Å²) in [6, 6.07) is 11.5. The predicted molar refractivity (Wildman–Crippen MR) is 70.6 cm³/mol. The van der Waals surface area contributed by atoms with Crippen LogP contribution in [-0.2, 0) is 0 Å². The minimum Gasteiger partial charge on any atom is -0.355 e. The number of nitrogens with one attached hydrogen (secondary N) is 1. The number of hydrogen-bond acceptors (Lipinski definition) is 2. The number of nitriles is 1. The summed E-state index contributed by atoms with van der Waals surface area (Å²) in [6.07, 6.45) is 0. The van der Waals surface area contributed by atoms with Gasteiger partial charge >= 0.3 is 0 Å². The smallest absolute Gasteiger partial charge is 0.126 e. The molecule has 2 nitrogen and oxygen atoms in total. The Balaban J connectivity index is 2.37. The molecule has 2 rings (SSSR count). The molecule has 0 fully saturated rings. The van der Waals surface area contributed by atoms with E-state index in [1.54, 1.807) is 12.1 Å². The standard InChI is InChI=1S/C14H10ClFN2/c1-9-13(15)3-2-4-14(9)18-12-6-10(8-17)5-11(16)7-12/h2-7,18H,1H3. The average molecular weight is 261 g/mol. The molecule has 0 bridgehead atoms. The van der Waals surface area contributed by atoms with Crippen molar-refractivity contribution in [3.05, 3.63) is 58.4 Å². The third kappa shape index (κ3) is 2.61. The minimum atomic E-state index is -0.448. The lowest BCUT2D eigenvalue weighted by molar-refractivity contribution is 0.628. The first-order valence-electron chi connectivity index (χ1n) is 5.33. The lowest BCUT2D eigenvalue weighted by Crippen LogP contribution is -1.95. The maximum atomic E-state index is 13.3. The first-order valence-corrected chi connectivity index (χ1v) is 5.71. The third-order valence-electron chi connectivity index (χ3n) is 2.57. The highest BCUT2D eigenvalue weighted by Crippen LogP contribution is 2.26. The zero-order valence-corrected chi connectivity index (χ0v) is 10.4. The van der Waals surface area contributed by atoms with Crippen molar-refractivity contribution in [3.8, 4) is 6.07 Å². The molecule has 0 aromatic heterocycles. The molecule has 0 radical (unpaired) electrons. The zero-order valence-electron chi connectivity index (χ0n) is 9.67. The topological polar surface area (TPSA) is 35.8 Å². The van der Waals surface area contributed by atoms with Gasteiger partial charge in [0.1, 0.15) is 5.82 Å². The van der Waals surface area contributed by atoms with Crippen LogP contribution in [0.2, 0.25) is 5.02 Å². The minimum absolute atomic E-state index is 0.275. The highest BCUT2D eigenvalue weighted by molar-refractivity contribution is 6.31. The van der Waals surface area contributed by atoms with Gasteiger partial charge in [-0.2, -0.15) is 5.26 Å². The van der Waals surface area contributed by atoms with E-state index in [2.05, 4.69) is 5.32 Å². The van der Waals surface area contributed by atoms with Gasteiger partial charge in [-0.15, -0.1) is 0 Å². The SMILES string of the molecule is Cc1c(Cl)cccc1Nc1cc(F)cc(C#N)c1. The van der Waals surface area contributed by atoms with E-state index < -0.39 is 5.82 Å². The van der Waals surface area contributed by atoms with E-state index >= 15 is 0 Å². The average Bonchev–Trinajstić information content (AvgIpc) is 2.34. The van der Waals surface area contributed by atoms with Crippen molar-refractivity contribution in [1.29, 1.82) is 5.26 Å². The van der Waals surface area contributed by atoms with Gasteiger partial charge in [0.2, 0.25) is 0 Å². The molecule has 0 heterocycles. The molecule has 0 spiro atoms. The van der Waals surface area contributed by atoms with Gasteiger partial charge in [0.15, 0.2) is 0 Å². The second-order valence-corrected chi connectivity index (χ2v) is 4.28. The van der Waals surface area contributed by atoms with Crippen LogP contribution in [0, 0.1) is 24.1 Å². The van der Waals surface area contributed by atoms with Crippen LogP contribution in [0.15, 0.2) is 36.4 Å². The monoisotopic (exact) mass is 260 g/mol. The van der Waals surface area contributed by atoms with Crippen LogP contribution < -0.4 is 5.32 Å². The van der Waals surface area contributed by atoms with E-state index in [9.17, 15) is 4.39 Å². The van der Waals surface area contributed by atoms with Gasteiger partial charge in [-0.1, -0.05) is 17.7 Å². The van der Waals surface area contributed by atoms with E-state index in [1.165, 1.54) is 12.1 Å². The largest absolute Gasteiger partial charge is 0.355 e. The van der Waals surface area contributed by atoms with Crippen molar-refractivity contribution in [3.63, 3.8) is 0 Å². The van der Waals surface area contributed by atoms with Crippen LogP contribution in [0.5, 0.6) is 0 Å². The molecule has 1 N–H and O–H groups in total. The lowest BCUT2D eigenvalue weighted by Gasteiger charge is -2.11. The van der Waals surface area contributed by atoms with Crippen LogP contribution in [0.1, 0.15) is 11.1 Å². The van der Waals surface area contributed by atoms with Crippen LogP contribution in [0.4, 0.5) is 15.8 Å². The predicted octanol–water partition coefficient (Wildman–Crippen LogP) is 4.40. The van der Waals surface area contributed by atoms with Gasteiger partial charge in [-0.25, -0.2) is 4.39 Å². The highest BCUT2D eigenvalue weighted by atomic mass is 35.5. The molecular weight excluding hydrogens is 251 g/mol. The molecule has 0 unspecified atom stereocenters. The molecule has 0 atom stereocenters. The molecule has 0 saturated heterocycles. The van der Waals surface area contributed by atoms with Gasteiger partial charge in [-0.3, -0.25) is 0 Å². The van der Waals surface area contributed by atoms with E-state index in [0.29, 0.717) is 10.7 Å². The van der Waals surface area contributed by atoms with E-state index in [0.717, 1.165) is 11.3 Å². The second kappa shape index (κ2) is 5.07. The first-order chi connectivity index (χ1) is 8.60. The number of anilines is 2. The summed E-state index contributed by atoms with van der Waals surface area (Å²) in [5.41, 5.74) is 2.47. The fraction of sp³-hybridized carbons (Fsp3) is 0.0714. The van der Waals surface area contributed by atoms with E-state index in [-0.39, 0.29) is 5.56 Å². The Bertz CT molecular complexity index is 632. The normalized spacial score (nSPS) is 9.89. The van der Waals surface area contributed by atoms with Gasteiger partial charge in [0.25, 0.3) is 0 Å². The number of nitrogens with zero attached hydrogens (tertiary/aromatic N) is 1. The maximum absolute atomic E-state index is 13.3. The molecule has 0 amide bonds. The fourth-order valence-corrected chi connectivity index (χ4v) is 1.80. The van der Waals surface area contributed by atoms with Crippen LogP contribution in [0.3, 0.4) is 0 Å². The van der Waals surface area contributed by atoms with Crippen LogP contribution >= 0.6 is 11.6 Å². The van der Waals surface area contributed by atoms with Gasteiger partial charge in [0, 0.05) is 16.4 Å². The summed E-state index contributed by atoms with van der Waals surface area (Å²) in [6.45, 7) is 1.87. The Morgan fingerprint density at radius 1 is 1.28 bits per heavy atom. The van der Waals surface area contributed by atoms with Crippen molar-refractivity contribution in [2.45, 2.75) is 6.92 Å². The molecular formula is C14H10ClFN2. The molecule has 0 aliphatic carbocycles. The summed E-state index contributed by atoms with van der Waals surface area (Å²) >= 11 is 6.00. The molecule has 0 aliphatic rings. The second-order valence-electron chi connectivity index (χ2n) is 3.88. The Labute approximate surface area is 110 Å². The highest BCUT2D eigenvalue weighted by Gasteiger charge is 2.04. The van der Waals surface area contributed by atoms with Crippen molar-refractivity contribution in [1.82, 2.24) is 0 Å². The summed E-state index contributed by atoms with van der Waals surface area (Å²) in [4.78, 5) is 0. The van der Waals surface area contributed by atoms with Gasteiger partial charge in [0.05, 0.1) is 11.6 Å². The molecule has 0 aliphatic heterocycles. The molecule has 4 heteroatoms. The zero-order chi connectivity index (χ0) is 13.1. The number of hydrogen-bond donors (Lipinski definition) is 1. The quantitative estimate of drug-likeness (QED) is 0.869. The molecule has 2 aromatic carbocycles. The van der Waals surface area contributed by atoms with Crippen molar-refractivity contribution in [2.24, 2.45) is 0 Å². The van der Waals surface area contributed by atoms with Gasteiger partial charge < -0.3 is 5.32 Å². The Kier molecular flexibility index (Phi) is 3.50. The van der Waals surface area contributed by atoms with Crippen molar-refractivity contribution >= 4 is 23.0 Å². The fourth-order valence-electron chi connectivity index (χ4n) is 1.62. The lowest BCUT2D eigenvalue weighted by atomic mass is 10.1. The van der Waals surface area contributed by atoms with Crippen LogP contribution in [-0.4, -0.2) is 0 Å². The summed E-state index contributed by atoms with van der Waals surface area (Å²) in [5.74, 6) is -0.448. The number of halogens is 2. The number of rotatable bonds is 2. The van der Waals surface area contributed by atoms with Crippen molar-refractivity contribution < 1.29 is 4.39 Å². The Morgan fingerprint density at radius 3 is 2.78 bits per heavy atom. The Morgan fingerprint density at radius 2 is 2.06 bits per heavy atom.